The minimum Gasteiger partial charge on any atom is -0.379 e. The van der Waals surface area contributed by atoms with E-state index in [2.05, 4.69) is 49.5 Å². The van der Waals surface area contributed by atoms with Crippen LogP contribution in [0, 0.1) is 5.92 Å². The summed E-state index contributed by atoms with van der Waals surface area (Å²) in [6.45, 7) is 6.21. The Morgan fingerprint density at radius 1 is 1.06 bits per heavy atom. The molecule has 1 N–H and O–H groups in total. The molecule has 5 nitrogen and oxygen atoms in total. The molecule has 2 aliphatic heterocycles. The van der Waals surface area contributed by atoms with Gasteiger partial charge in [0, 0.05) is 24.7 Å². The topological polar surface area (TPSA) is 58.6 Å². The van der Waals surface area contributed by atoms with Gasteiger partial charge in [-0.2, -0.15) is 4.31 Å². The van der Waals surface area contributed by atoms with Crippen LogP contribution < -0.4 is 5.32 Å². The molecule has 6 heteroatoms. The minimum atomic E-state index is -3.47. The van der Waals surface area contributed by atoms with Crippen molar-refractivity contribution in [3.05, 3.63) is 71.3 Å². The molecular formula is C25H30N2O3S. The monoisotopic (exact) mass is 438 g/mol. The number of nitrogens with zero attached hydrogens (tertiary/aromatic N) is 1. The highest BCUT2D eigenvalue weighted by molar-refractivity contribution is 7.89. The first-order chi connectivity index (χ1) is 14.9. The number of allylic oxidation sites excluding steroid dienone is 2. The Kier molecular flexibility index (Phi) is 5.40. The van der Waals surface area contributed by atoms with E-state index in [1.807, 2.05) is 12.1 Å². The summed E-state index contributed by atoms with van der Waals surface area (Å²) in [5, 5.41) is 3.76. The molecule has 31 heavy (non-hydrogen) atoms. The van der Waals surface area contributed by atoms with Gasteiger partial charge in [0.2, 0.25) is 10.0 Å². The van der Waals surface area contributed by atoms with Crippen LogP contribution in [-0.4, -0.2) is 39.0 Å². The Balaban J connectivity index is 1.43. The summed E-state index contributed by atoms with van der Waals surface area (Å²) in [4.78, 5) is 0.358. The van der Waals surface area contributed by atoms with Crippen molar-refractivity contribution in [2.75, 3.05) is 31.6 Å². The Bertz CT molecular complexity index is 1090. The van der Waals surface area contributed by atoms with Gasteiger partial charge in [-0.15, -0.1) is 0 Å². The van der Waals surface area contributed by atoms with Crippen molar-refractivity contribution in [3.63, 3.8) is 0 Å². The van der Waals surface area contributed by atoms with Crippen molar-refractivity contribution in [1.82, 2.24) is 4.31 Å². The number of hydrogen-bond donors (Lipinski definition) is 1. The highest BCUT2D eigenvalue weighted by Gasteiger charge is 2.38. The maximum absolute atomic E-state index is 13.0. The van der Waals surface area contributed by atoms with Gasteiger partial charge in [0.15, 0.2) is 0 Å². The average molecular weight is 439 g/mol. The molecule has 1 saturated heterocycles. The predicted octanol–water partition coefficient (Wildman–Crippen LogP) is 4.66. The van der Waals surface area contributed by atoms with Crippen LogP contribution >= 0.6 is 0 Å². The summed E-state index contributed by atoms with van der Waals surface area (Å²) in [6.07, 6.45) is 5.67. The number of benzene rings is 2. The fraction of sp³-hybridized carbons (Fsp3) is 0.440. The summed E-state index contributed by atoms with van der Waals surface area (Å²) in [6, 6.07) is 14.4. The fourth-order valence-electron chi connectivity index (χ4n) is 5.09. The lowest BCUT2D eigenvalue weighted by Gasteiger charge is -2.38. The SMILES string of the molecule is CC(C)c1ccc2c(c1)[C@H]1C=CC[C@@H]1[C@H](c1ccc(S(=O)(=O)N3CCOCC3)cc1)N2. The van der Waals surface area contributed by atoms with Gasteiger partial charge in [0.1, 0.15) is 0 Å². The zero-order valence-electron chi connectivity index (χ0n) is 18.1. The zero-order valence-corrected chi connectivity index (χ0v) is 18.9. The first-order valence-electron chi connectivity index (χ1n) is 11.2. The van der Waals surface area contributed by atoms with Gasteiger partial charge >= 0.3 is 0 Å². The molecular weight excluding hydrogens is 408 g/mol. The molecule has 164 valence electrons. The zero-order chi connectivity index (χ0) is 21.6. The molecule has 0 saturated carbocycles. The normalized spacial score (nSPS) is 25.8. The third-order valence-corrected chi connectivity index (χ3v) is 8.81. The van der Waals surface area contributed by atoms with Gasteiger partial charge in [-0.25, -0.2) is 8.42 Å². The second kappa shape index (κ2) is 8.08. The van der Waals surface area contributed by atoms with Crippen LogP contribution in [0.3, 0.4) is 0 Å². The summed E-state index contributed by atoms with van der Waals surface area (Å²) >= 11 is 0. The minimum absolute atomic E-state index is 0.164. The number of hydrogen-bond acceptors (Lipinski definition) is 4. The van der Waals surface area contributed by atoms with Crippen LogP contribution in [0.4, 0.5) is 5.69 Å². The van der Waals surface area contributed by atoms with Crippen LogP contribution in [0.5, 0.6) is 0 Å². The molecule has 0 unspecified atom stereocenters. The quantitative estimate of drug-likeness (QED) is 0.706. The molecule has 1 aliphatic carbocycles. The second-order valence-corrected chi connectivity index (χ2v) is 11.0. The van der Waals surface area contributed by atoms with E-state index in [4.69, 9.17) is 4.74 Å². The molecule has 0 bridgehead atoms. The van der Waals surface area contributed by atoms with Crippen LogP contribution in [0.25, 0.3) is 0 Å². The van der Waals surface area contributed by atoms with Gasteiger partial charge in [-0.1, -0.05) is 50.3 Å². The van der Waals surface area contributed by atoms with Crippen molar-refractivity contribution in [2.24, 2.45) is 5.92 Å². The molecule has 3 aliphatic rings. The van der Waals surface area contributed by atoms with E-state index >= 15 is 0 Å². The number of nitrogens with one attached hydrogen (secondary N) is 1. The number of sulfonamides is 1. The van der Waals surface area contributed by atoms with E-state index in [0.29, 0.717) is 49.0 Å². The first-order valence-corrected chi connectivity index (χ1v) is 12.6. The molecule has 3 atom stereocenters. The largest absolute Gasteiger partial charge is 0.379 e. The van der Waals surface area contributed by atoms with Crippen molar-refractivity contribution in [2.45, 2.75) is 43.0 Å². The average Bonchev–Trinajstić information content (AvgIpc) is 3.29. The lowest BCUT2D eigenvalue weighted by molar-refractivity contribution is 0.0730. The Morgan fingerprint density at radius 2 is 1.81 bits per heavy atom. The molecule has 0 radical (unpaired) electrons. The van der Waals surface area contributed by atoms with Gasteiger partial charge < -0.3 is 10.1 Å². The Morgan fingerprint density at radius 3 is 2.52 bits per heavy atom. The maximum atomic E-state index is 13.0. The second-order valence-electron chi connectivity index (χ2n) is 9.06. The Hall–Kier alpha value is -2.15. The van der Waals surface area contributed by atoms with Crippen LogP contribution in [-0.2, 0) is 14.8 Å². The van der Waals surface area contributed by atoms with E-state index in [1.165, 1.54) is 21.1 Å². The summed E-state index contributed by atoms with van der Waals surface area (Å²) in [7, 11) is -3.47. The van der Waals surface area contributed by atoms with Crippen molar-refractivity contribution < 1.29 is 13.2 Å². The standard InChI is InChI=1S/C25H30N2O3S/c1-17(2)19-8-11-24-23(16-19)21-4-3-5-22(21)25(26-24)18-6-9-20(10-7-18)31(28,29)27-12-14-30-15-13-27/h3-4,6-11,16-17,21-22,25-26H,5,12-15H2,1-2H3/t21-,22-,25-/m0/s1. The van der Waals surface area contributed by atoms with E-state index in [0.717, 1.165) is 12.0 Å². The van der Waals surface area contributed by atoms with E-state index in [-0.39, 0.29) is 6.04 Å². The molecule has 0 aromatic heterocycles. The molecule has 1 fully saturated rings. The van der Waals surface area contributed by atoms with Gasteiger partial charge in [0.05, 0.1) is 24.2 Å². The summed E-state index contributed by atoms with van der Waals surface area (Å²) < 4.78 is 32.7. The molecule has 0 amide bonds. The molecule has 2 aromatic rings. The smallest absolute Gasteiger partial charge is 0.243 e. The van der Waals surface area contributed by atoms with E-state index in [1.54, 1.807) is 12.1 Å². The number of anilines is 1. The molecule has 2 aromatic carbocycles. The first kappa shape index (κ1) is 20.7. The maximum Gasteiger partial charge on any atom is 0.243 e. The third kappa shape index (κ3) is 3.71. The summed E-state index contributed by atoms with van der Waals surface area (Å²) in [5.74, 6) is 1.35. The van der Waals surface area contributed by atoms with Crippen LogP contribution in [0.1, 0.15) is 54.8 Å². The van der Waals surface area contributed by atoms with Crippen molar-refractivity contribution in [1.29, 1.82) is 0 Å². The highest BCUT2D eigenvalue weighted by atomic mass is 32.2. The predicted molar refractivity (Wildman–Crippen MR) is 123 cm³/mol. The molecule has 0 spiro atoms. The van der Waals surface area contributed by atoms with Crippen LogP contribution in [0.2, 0.25) is 0 Å². The lowest BCUT2D eigenvalue weighted by Crippen LogP contribution is -2.40. The molecule has 2 heterocycles. The van der Waals surface area contributed by atoms with Gasteiger partial charge in [-0.3, -0.25) is 0 Å². The lowest BCUT2D eigenvalue weighted by atomic mass is 9.76. The summed E-state index contributed by atoms with van der Waals surface area (Å²) in [5.41, 5.74) is 5.08. The van der Waals surface area contributed by atoms with E-state index in [9.17, 15) is 8.42 Å². The van der Waals surface area contributed by atoms with Gasteiger partial charge in [-0.05, 0) is 53.1 Å². The number of rotatable bonds is 4. The fourth-order valence-corrected chi connectivity index (χ4v) is 6.49. The van der Waals surface area contributed by atoms with Crippen LogP contribution in [0.15, 0.2) is 59.5 Å². The number of fused-ring (bicyclic) bond motifs is 3. The van der Waals surface area contributed by atoms with Crippen molar-refractivity contribution >= 4 is 15.7 Å². The number of ether oxygens (including phenoxy) is 1. The highest BCUT2D eigenvalue weighted by Crippen LogP contribution is 2.50. The Labute approximate surface area is 185 Å². The third-order valence-electron chi connectivity index (χ3n) is 6.90. The van der Waals surface area contributed by atoms with Gasteiger partial charge in [0.25, 0.3) is 0 Å². The molecule has 5 rings (SSSR count). The number of morpholine rings is 1. The van der Waals surface area contributed by atoms with E-state index < -0.39 is 10.0 Å². The van der Waals surface area contributed by atoms with Crippen molar-refractivity contribution in [3.8, 4) is 0 Å².